The van der Waals surface area contributed by atoms with Gasteiger partial charge in [-0.15, -0.1) is 0 Å². The van der Waals surface area contributed by atoms with Crippen molar-refractivity contribution in [3.05, 3.63) is 24.0 Å². The fraction of sp³-hybridized carbons (Fsp3) is 0.533. The number of halogens is 1. The lowest BCUT2D eigenvalue weighted by Crippen LogP contribution is -2.61. The lowest BCUT2D eigenvalue weighted by molar-refractivity contribution is 0.0311. The van der Waals surface area contributed by atoms with E-state index in [0.717, 1.165) is 0 Å². The summed E-state index contributed by atoms with van der Waals surface area (Å²) >= 11 is 0. The van der Waals surface area contributed by atoms with Crippen molar-refractivity contribution in [3.63, 3.8) is 0 Å². The average Bonchev–Trinajstić information content (AvgIpc) is 2.28. The molecule has 1 aliphatic rings. The molecule has 0 aliphatic carbocycles. The van der Waals surface area contributed by atoms with Crippen molar-refractivity contribution in [2.75, 3.05) is 18.4 Å². The predicted molar refractivity (Wildman–Crippen MR) is 78.2 cm³/mol. The maximum Gasteiger partial charge on any atom is 0.412 e. The van der Waals surface area contributed by atoms with Gasteiger partial charge in [-0.25, -0.2) is 9.18 Å². The van der Waals surface area contributed by atoms with Crippen molar-refractivity contribution in [2.24, 2.45) is 0 Å². The molecule has 0 aromatic heterocycles. The van der Waals surface area contributed by atoms with E-state index in [-0.39, 0.29) is 11.4 Å². The molecule has 1 aliphatic heterocycles. The number of rotatable bonds is 3. The molecule has 0 radical (unpaired) electrons. The molecule has 1 heterocycles. The van der Waals surface area contributed by atoms with Gasteiger partial charge < -0.3 is 14.8 Å². The summed E-state index contributed by atoms with van der Waals surface area (Å²) in [4.78, 5) is 11.6. The van der Waals surface area contributed by atoms with Crippen LogP contribution in [0.4, 0.5) is 14.9 Å². The summed E-state index contributed by atoms with van der Waals surface area (Å²) in [5, 5.41) is 5.57. The number of amides is 1. The molecule has 116 valence electrons. The Balaban J connectivity index is 2.00. The Labute approximate surface area is 123 Å². The molecule has 1 amide bonds. The first kappa shape index (κ1) is 15.6. The third kappa shape index (κ3) is 4.32. The van der Waals surface area contributed by atoms with Crippen LogP contribution in [0.1, 0.15) is 27.7 Å². The van der Waals surface area contributed by atoms with Crippen LogP contribution < -0.4 is 15.4 Å². The third-order valence-corrected chi connectivity index (χ3v) is 2.93. The molecule has 1 saturated heterocycles. The zero-order chi connectivity index (χ0) is 15.7. The number of ether oxygens (including phenoxy) is 2. The van der Waals surface area contributed by atoms with Gasteiger partial charge in [-0.3, -0.25) is 5.32 Å². The fourth-order valence-corrected chi connectivity index (χ4v) is 1.90. The van der Waals surface area contributed by atoms with E-state index >= 15 is 0 Å². The molecule has 0 atom stereocenters. The second-order valence-electron chi connectivity index (χ2n) is 6.43. The quantitative estimate of drug-likeness (QED) is 0.900. The lowest BCUT2D eigenvalue weighted by atomic mass is 10.00. The number of nitrogens with one attached hydrogen (secondary N) is 2. The van der Waals surface area contributed by atoms with Crippen LogP contribution in [0.2, 0.25) is 0 Å². The lowest BCUT2D eigenvalue weighted by Gasteiger charge is -2.39. The zero-order valence-electron chi connectivity index (χ0n) is 12.7. The van der Waals surface area contributed by atoms with Gasteiger partial charge in [0.05, 0.1) is 0 Å². The summed E-state index contributed by atoms with van der Waals surface area (Å²) in [6.45, 7) is 8.57. The molecule has 1 fully saturated rings. The Morgan fingerprint density at radius 3 is 2.52 bits per heavy atom. The van der Waals surface area contributed by atoms with Crippen molar-refractivity contribution in [1.29, 1.82) is 0 Å². The summed E-state index contributed by atoms with van der Waals surface area (Å²) in [5.41, 5.74) is -0.649. The van der Waals surface area contributed by atoms with Crippen molar-refractivity contribution < 1.29 is 18.7 Å². The highest BCUT2D eigenvalue weighted by Crippen LogP contribution is 2.27. The van der Waals surface area contributed by atoms with Crippen LogP contribution in [-0.2, 0) is 4.74 Å². The largest absolute Gasteiger partial charge is 0.482 e. The van der Waals surface area contributed by atoms with Crippen LogP contribution in [0.5, 0.6) is 5.75 Å². The highest BCUT2D eigenvalue weighted by Gasteiger charge is 2.34. The number of hydrogen-bond acceptors (Lipinski definition) is 4. The summed E-state index contributed by atoms with van der Waals surface area (Å²) < 4.78 is 24.7. The molecule has 5 nitrogen and oxygen atoms in total. The number of carbonyl (C=O) groups is 1. The van der Waals surface area contributed by atoms with Crippen LogP contribution in [0.25, 0.3) is 0 Å². The summed E-state index contributed by atoms with van der Waals surface area (Å²) in [6, 6.07) is 4.30. The summed E-state index contributed by atoms with van der Waals surface area (Å²) in [7, 11) is 0. The van der Waals surface area contributed by atoms with Crippen LogP contribution in [0.15, 0.2) is 18.2 Å². The van der Waals surface area contributed by atoms with Gasteiger partial charge in [0, 0.05) is 24.8 Å². The van der Waals surface area contributed by atoms with Crippen molar-refractivity contribution in [1.82, 2.24) is 5.32 Å². The molecule has 0 spiro atoms. The third-order valence-electron chi connectivity index (χ3n) is 2.93. The van der Waals surface area contributed by atoms with Crippen LogP contribution in [-0.4, -0.2) is 30.4 Å². The monoisotopic (exact) mass is 296 g/mol. The van der Waals surface area contributed by atoms with E-state index < -0.39 is 17.5 Å². The van der Waals surface area contributed by atoms with E-state index in [1.54, 1.807) is 26.8 Å². The van der Waals surface area contributed by atoms with E-state index in [9.17, 15) is 9.18 Å². The smallest absolute Gasteiger partial charge is 0.412 e. The van der Waals surface area contributed by atoms with Gasteiger partial charge in [0.2, 0.25) is 0 Å². The Morgan fingerprint density at radius 2 is 2.05 bits per heavy atom. The Kier molecular flexibility index (Phi) is 4.09. The van der Waals surface area contributed by atoms with E-state index in [4.69, 9.17) is 9.47 Å². The minimum absolute atomic E-state index is 0.175. The predicted octanol–water partition coefficient (Wildman–Crippen LogP) is 2.91. The standard InChI is InChI=1S/C15H21FN2O3/c1-14(2,3)21-13(19)18-10-5-6-12(11(16)7-10)20-15(4)8-17-9-15/h5-7,17H,8-9H2,1-4H3,(H,18,19). The molecule has 2 rings (SSSR count). The molecule has 0 saturated carbocycles. The molecule has 21 heavy (non-hydrogen) atoms. The van der Waals surface area contributed by atoms with Gasteiger partial charge in [-0.1, -0.05) is 0 Å². The van der Waals surface area contributed by atoms with E-state index in [1.165, 1.54) is 12.1 Å². The Morgan fingerprint density at radius 1 is 1.38 bits per heavy atom. The average molecular weight is 296 g/mol. The highest BCUT2D eigenvalue weighted by atomic mass is 19.1. The summed E-state index contributed by atoms with van der Waals surface area (Å²) in [6.07, 6.45) is -0.620. The van der Waals surface area contributed by atoms with Gasteiger partial charge in [-0.05, 0) is 39.8 Å². The highest BCUT2D eigenvalue weighted by molar-refractivity contribution is 5.84. The molecular weight excluding hydrogens is 275 g/mol. The molecule has 2 N–H and O–H groups in total. The van der Waals surface area contributed by atoms with Crippen molar-refractivity contribution in [2.45, 2.75) is 38.9 Å². The van der Waals surface area contributed by atoms with Gasteiger partial charge in [0.25, 0.3) is 0 Å². The minimum atomic E-state index is -0.620. The van der Waals surface area contributed by atoms with E-state index in [1.807, 2.05) is 6.92 Å². The maximum absolute atomic E-state index is 14.0. The van der Waals surface area contributed by atoms with Crippen molar-refractivity contribution >= 4 is 11.8 Å². The normalized spacial score (nSPS) is 16.8. The van der Waals surface area contributed by atoms with E-state index in [0.29, 0.717) is 18.8 Å². The minimum Gasteiger partial charge on any atom is -0.482 e. The topological polar surface area (TPSA) is 59.6 Å². The number of benzene rings is 1. The first-order valence-electron chi connectivity index (χ1n) is 6.86. The van der Waals surface area contributed by atoms with Crippen LogP contribution in [0.3, 0.4) is 0 Å². The zero-order valence-corrected chi connectivity index (χ0v) is 12.7. The first-order valence-corrected chi connectivity index (χ1v) is 6.86. The Hall–Kier alpha value is -1.82. The molecule has 0 unspecified atom stereocenters. The van der Waals surface area contributed by atoms with Gasteiger partial charge >= 0.3 is 6.09 Å². The SMILES string of the molecule is CC(C)(C)OC(=O)Nc1ccc(OC2(C)CNC2)c(F)c1. The second kappa shape index (κ2) is 5.52. The van der Waals surface area contributed by atoms with Gasteiger partial charge in [-0.2, -0.15) is 0 Å². The Bertz CT molecular complexity index is 536. The van der Waals surface area contributed by atoms with Crippen molar-refractivity contribution in [3.8, 4) is 5.75 Å². The summed E-state index contributed by atoms with van der Waals surface area (Å²) in [5.74, 6) is -0.342. The van der Waals surface area contributed by atoms with Crippen LogP contribution in [0, 0.1) is 5.82 Å². The first-order chi connectivity index (χ1) is 9.67. The molecule has 0 bridgehead atoms. The van der Waals surface area contributed by atoms with Crippen LogP contribution >= 0.6 is 0 Å². The molecule has 1 aromatic carbocycles. The van der Waals surface area contributed by atoms with Gasteiger partial charge in [0.15, 0.2) is 11.6 Å². The fourth-order valence-electron chi connectivity index (χ4n) is 1.90. The molecule has 1 aromatic rings. The van der Waals surface area contributed by atoms with Gasteiger partial charge in [0.1, 0.15) is 11.2 Å². The molecule has 6 heteroatoms. The molecular formula is C15H21FN2O3. The second-order valence-corrected chi connectivity index (χ2v) is 6.43. The van der Waals surface area contributed by atoms with E-state index in [2.05, 4.69) is 10.6 Å². The maximum atomic E-state index is 14.0. The number of hydrogen-bond donors (Lipinski definition) is 2. The number of carbonyl (C=O) groups excluding carboxylic acids is 1. The number of anilines is 1.